The first kappa shape index (κ1) is 20.9. The molecule has 0 amide bonds. The monoisotopic (exact) mass is 435 g/mol. The quantitative estimate of drug-likeness (QED) is 0.383. The summed E-state index contributed by atoms with van der Waals surface area (Å²) in [5, 5.41) is 12.2. The molecule has 0 fully saturated rings. The molecule has 4 aromatic rings. The summed E-state index contributed by atoms with van der Waals surface area (Å²) >= 11 is 5.96. The molecule has 2 N–H and O–H groups in total. The molecule has 4 rings (SSSR count). The lowest BCUT2D eigenvalue weighted by Crippen LogP contribution is -2.19. The zero-order valence-electron chi connectivity index (χ0n) is 17.2. The summed E-state index contributed by atoms with van der Waals surface area (Å²) in [5.74, 6) is 0.605. The molecule has 0 aliphatic carbocycles. The number of aromatic nitrogens is 1. The molecule has 0 spiro atoms. The van der Waals surface area contributed by atoms with Gasteiger partial charge in [-0.3, -0.25) is 9.36 Å². The maximum Gasteiger partial charge on any atom is 0.266 e. The van der Waals surface area contributed by atoms with E-state index in [-0.39, 0.29) is 11.7 Å². The number of halogens is 1. The van der Waals surface area contributed by atoms with Gasteiger partial charge in [-0.25, -0.2) is 0 Å². The molecule has 1 atom stereocenters. The van der Waals surface area contributed by atoms with Crippen molar-refractivity contribution in [3.8, 4) is 17.0 Å². The molecule has 1 unspecified atom stereocenters. The van der Waals surface area contributed by atoms with E-state index < -0.39 is 0 Å². The molecule has 0 radical (unpaired) electrons. The van der Waals surface area contributed by atoms with Crippen LogP contribution in [0.5, 0.6) is 0 Å². The summed E-state index contributed by atoms with van der Waals surface area (Å²) in [6, 6.07) is 16.3. The van der Waals surface area contributed by atoms with Crippen molar-refractivity contribution < 1.29 is 9.15 Å². The highest BCUT2D eigenvalue weighted by Crippen LogP contribution is 2.27. The van der Waals surface area contributed by atoms with Crippen molar-refractivity contribution in [3.05, 3.63) is 81.7 Å². The van der Waals surface area contributed by atoms with Crippen molar-refractivity contribution in [1.29, 1.82) is 5.41 Å². The molecule has 31 heavy (non-hydrogen) atoms. The van der Waals surface area contributed by atoms with Gasteiger partial charge in [0.15, 0.2) is 0 Å². The fourth-order valence-electron chi connectivity index (χ4n) is 3.31. The molecule has 7 heteroatoms. The van der Waals surface area contributed by atoms with Crippen molar-refractivity contribution in [2.24, 2.45) is 0 Å². The van der Waals surface area contributed by atoms with Crippen LogP contribution in [0.3, 0.4) is 0 Å². The van der Waals surface area contributed by atoms with E-state index in [1.807, 2.05) is 31.2 Å². The number of benzene rings is 2. The first-order valence-corrected chi connectivity index (χ1v) is 10.2. The van der Waals surface area contributed by atoms with Gasteiger partial charge in [-0.2, -0.15) is 0 Å². The molecular formula is C24H22ClN3O3. The topological polar surface area (TPSA) is 80.2 Å². The summed E-state index contributed by atoms with van der Waals surface area (Å²) in [5.41, 5.74) is 3.34. The number of nitrogens with one attached hydrogen (secondary N) is 2. The van der Waals surface area contributed by atoms with E-state index >= 15 is 0 Å². The number of anilines is 1. The second kappa shape index (κ2) is 8.79. The Morgan fingerprint density at radius 1 is 1.19 bits per heavy atom. The van der Waals surface area contributed by atoms with Gasteiger partial charge < -0.3 is 19.9 Å². The van der Waals surface area contributed by atoms with Crippen LogP contribution in [0.1, 0.15) is 12.5 Å². The Hall–Kier alpha value is -3.35. The Kier molecular flexibility index (Phi) is 5.93. The Morgan fingerprint density at radius 3 is 2.68 bits per heavy atom. The van der Waals surface area contributed by atoms with Crippen molar-refractivity contribution in [1.82, 2.24) is 4.57 Å². The smallest absolute Gasteiger partial charge is 0.266 e. The fraction of sp³-hybridized carbons (Fsp3) is 0.167. The van der Waals surface area contributed by atoms with Crippen LogP contribution in [0.2, 0.25) is 5.02 Å². The highest BCUT2D eigenvalue weighted by atomic mass is 35.5. The summed E-state index contributed by atoms with van der Waals surface area (Å²) in [4.78, 5) is 13.2. The predicted molar refractivity (Wildman–Crippen MR) is 125 cm³/mol. The summed E-state index contributed by atoms with van der Waals surface area (Å²) in [7, 11) is 1.66. The average Bonchev–Trinajstić information content (AvgIpc) is 3.23. The molecule has 0 aliphatic rings. The maximum atomic E-state index is 13.2. The van der Waals surface area contributed by atoms with Crippen LogP contribution >= 0.6 is 11.6 Å². The van der Waals surface area contributed by atoms with Gasteiger partial charge in [-0.05, 0) is 61.5 Å². The zero-order chi connectivity index (χ0) is 22.0. The predicted octanol–water partition coefficient (Wildman–Crippen LogP) is 5.35. The molecule has 0 saturated heterocycles. The van der Waals surface area contributed by atoms with E-state index in [1.54, 1.807) is 48.2 Å². The Bertz CT molecular complexity index is 1290. The Labute approximate surface area is 184 Å². The molecular weight excluding hydrogens is 414 g/mol. The fourth-order valence-corrected chi connectivity index (χ4v) is 3.44. The largest absolute Gasteiger partial charge is 0.456 e. The highest BCUT2D eigenvalue weighted by Gasteiger charge is 2.13. The van der Waals surface area contributed by atoms with Gasteiger partial charge >= 0.3 is 0 Å². The molecule has 2 aromatic carbocycles. The van der Waals surface area contributed by atoms with Crippen molar-refractivity contribution in [3.63, 3.8) is 0 Å². The number of fused-ring (bicyclic) bond motifs is 1. The molecule has 0 saturated carbocycles. The normalized spacial score (nSPS) is 12.1. The first-order chi connectivity index (χ1) is 15.0. The van der Waals surface area contributed by atoms with Crippen molar-refractivity contribution in [2.75, 3.05) is 19.0 Å². The Morgan fingerprint density at radius 2 is 1.97 bits per heavy atom. The van der Waals surface area contributed by atoms with Gasteiger partial charge in [0.25, 0.3) is 5.56 Å². The minimum atomic E-state index is -0.189. The number of methoxy groups -OCH3 is 1. The molecule has 6 nitrogen and oxygen atoms in total. The molecule has 2 aromatic heterocycles. The van der Waals surface area contributed by atoms with Gasteiger partial charge in [0.05, 0.1) is 11.5 Å². The standard InChI is InChI=1S/C24H22ClN3O3/c1-15(30-2)14-27-21-8-7-19(11-17(21)13-26)28-10-9-22-20(24(28)29)12-23(31-22)16-3-5-18(25)6-4-16/h3-13,15,26-27H,14H2,1-2H3. The number of nitrogens with zero attached hydrogens (tertiary/aromatic N) is 1. The third-order valence-corrected chi connectivity index (χ3v) is 5.42. The van der Waals surface area contributed by atoms with Gasteiger partial charge in [-0.15, -0.1) is 0 Å². The van der Waals surface area contributed by atoms with Crippen molar-refractivity contribution in [2.45, 2.75) is 13.0 Å². The molecule has 0 aliphatic heterocycles. The molecule has 0 bridgehead atoms. The number of hydrogen-bond donors (Lipinski definition) is 2. The number of hydrogen-bond acceptors (Lipinski definition) is 5. The first-order valence-electron chi connectivity index (χ1n) is 9.83. The van der Waals surface area contributed by atoms with Crippen LogP contribution in [-0.2, 0) is 4.74 Å². The minimum absolute atomic E-state index is 0.0409. The third-order valence-electron chi connectivity index (χ3n) is 5.16. The summed E-state index contributed by atoms with van der Waals surface area (Å²) in [6.45, 7) is 2.58. The third kappa shape index (κ3) is 4.26. The lowest BCUT2D eigenvalue weighted by Gasteiger charge is -2.15. The summed E-state index contributed by atoms with van der Waals surface area (Å²) < 4.78 is 12.7. The molecule has 2 heterocycles. The lowest BCUT2D eigenvalue weighted by molar-refractivity contribution is 0.129. The lowest BCUT2D eigenvalue weighted by atomic mass is 10.1. The van der Waals surface area contributed by atoms with E-state index in [1.165, 1.54) is 6.21 Å². The average molecular weight is 436 g/mol. The van der Waals surface area contributed by atoms with E-state index in [4.69, 9.17) is 26.2 Å². The van der Waals surface area contributed by atoms with Gasteiger partial charge in [-0.1, -0.05) is 11.6 Å². The number of rotatable bonds is 7. The second-order valence-corrected chi connectivity index (χ2v) is 7.67. The van der Waals surface area contributed by atoms with E-state index in [2.05, 4.69) is 5.32 Å². The molecule has 158 valence electrons. The number of pyridine rings is 1. The van der Waals surface area contributed by atoms with E-state index in [9.17, 15) is 4.79 Å². The van der Waals surface area contributed by atoms with Crippen LogP contribution in [0.4, 0.5) is 5.69 Å². The van der Waals surface area contributed by atoms with E-state index in [0.717, 1.165) is 11.3 Å². The van der Waals surface area contributed by atoms with Crippen LogP contribution in [0, 0.1) is 5.41 Å². The second-order valence-electron chi connectivity index (χ2n) is 7.23. The summed E-state index contributed by atoms with van der Waals surface area (Å²) in [6.07, 6.45) is 2.99. The Balaban J connectivity index is 1.71. The number of furan rings is 1. The zero-order valence-corrected chi connectivity index (χ0v) is 17.9. The highest BCUT2D eigenvalue weighted by molar-refractivity contribution is 6.30. The van der Waals surface area contributed by atoms with Gasteiger partial charge in [0.1, 0.15) is 11.3 Å². The van der Waals surface area contributed by atoms with Crippen LogP contribution in [0.25, 0.3) is 28.0 Å². The van der Waals surface area contributed by atoms with Gasteiger partial charge in [0.2, 0.25) is 0 Å². The van der Waals surface area contributed by atoms with E-state index in [0.29, 0.717) is 39.5 Å². The van der Waals surface area contributed by atoms with Crippen LogP contribution < -0.4 is 10.9 Å². The maximum absolute atomic E-state index is 13.2. The van der Waals surface area contributed by atoms with Crippen LogP contribution in [-0.4, -0.2) is 30.5 Å². The van der Waals surface area contributed by atoms with Crippen molar-refractivity contribution >= 4 is 34.5 Å². The van der Waals surface area contributed by atoms with Crippen LogP contribution in [0.15, 0.2) is 70.0 Å². The van der Waals surface area contributed by atoms with Gasteiger partial charge in [0, 0.05) is 53.6 Å². The SMILES string of the molecule is COC(C)CNc1ccc(-n2ccc3oc(-c4ccc(Cl)cc4)cc3c2=O)cc1C=N. The minimum Gasteiger partial charge on any atom is -0.456 e. The number of ether oxygens (including phenoxy) is 1.